The van der Waals surface area contributed by atoms with Gasteiger partial charge in [-0.05, 0) is 38.5 Å². The second-order valence-electron chi connectivity index (χ2n) is 5.13. The predicted octanol–water partition coefficient (Wildman–Crippen LogP) is 3.29. The molecule has 3 rings (SSSR count). The number of hydrogen-bond acceptors (Lipinski definition) is 5. The van der Waals surface area contributed by atoms with Crippen LogP contribution in [0.3, 0.4) is 0 Å². The van der Waals surface area contributed by atoms with Crippen molar-refractivity contribution in [2.75, 3.05) is 5.32 Å². The molecule has 7 heteroatoms. The first kappa shape index (κ1) is 14.6. The Hall–Kier alpha value is -2.28. The third-order valence-electron chi connectivity index (χ3n) is 3.15. The molecule has 6 nitrogen and oxygen atoms in total. The number of aryl methyl sites for hydroxylation is 2. The Morgan fingerprint density at radius 3 is 2.91 bits per heavy atom. The minimum absolute atomic E-state index is 0.144. The number of hydrogen-bond donors (Lipinski definition) is 2. The van der Waals surface area contributed by atoms with Crippen LogP contribution in [0.4, 0.5) is 5.82 Å². The number of nitrogens with one attached hydrogen (secondary N) is 2. The van der Waals surface area contributed by atoms with Gasteiger partial charge in [0.1, 0.15) is 5.76 Å². The maximum Gasteiger partial charge on any atom is 0.238 e. The first-order valence-corrected chi connectivity index (χ1v) is 7.76. The SMILES string of the molecule is Cc1ccc2nc(S[C@H](C)C(=O)Nc3cc(C)on3)[nH]c2c1. The van der Waals surface area contributed by atoms with Crippen molar-refractivity contribution in [1.82, 2.24) is 15.1 Å². The first-order chi connectivity index (χ1) is 10.5. The molecule has 2 heterocycles. The fraction of sp³-hybridized carbons (Fsp3) is 0.267. The monoisotopic (exact) mass is 316 g/mol. The van der Waals surface area contributed by atoms with Gasteiger partial charge in [0, 0.05) is 6.07 Å². The molecule has 1 atom stereocenters. The number of rotatable bonds is 4. The Balaban J connectivity index is 1.69. The second kappa shape index (κ2) is 5.84. The van der Waals surface area contributed by atoms with Crippen molar-refractivity contribution < 1.29 is 9.32 Å². The predicted molar refractivity (Wildman–Crippen MR) is 86.0 cm³/mol. The van der Waals surface area contributed by atoms with Gasteiger partial charge in [0.05, 0.1) is 16.3 Å². The molecule has 0 radical (unpaired) electrons. The molecule has 2 N–H and O–H groups in total. The van der Waals surface area contributed by atoms with Crippen LogP contribution < -0.4 is 5.32 Å². The lowest BCUT2D eigenvalue weighted by atomic mass is 10.2. The van der Waals surface area contributed by atoms with E-state index in [1.54, 1.807) is 13.0 Å². The topological polar surface area (TPSA) is 83.8 Å². The van der Waals surface area contributed by atoms with E-state index in [-0.39, 0.29) is 11.2 Å². The molecule has 0 spiro atoms. The summed E-state index contributed by atoms with van der Waals surface area (Å²) in [4.78, 5) is 19.8. The fourth-order valence-electron chi connectivity index (χ4n) is 2.03. The summed E-state index contributed by atoms with van der Waals surface area (Å²) in [5.74, 6) is 0.938. The van der Waals surface area contributed by atoms with Crippen molar-refractivity contribution in [3.05, 3.63) is 35.6 Å². The summed E-state index contributed by atoms with van der Waals surface area (Å²) in [5.41, 5.74) is 3.04. The fourth-order valence-corrected chi connectivity index (χ4v) is 2.85. The molecule has 0 aliphatic rings. The number of anilines is 1. The normalized spacial score (nSPS) is 12.5. The van der Waals surface area contributed by atoms with Crippen molar-refractivity contribution >= 4 is 34.5 Å². The van der Waals surface area contributed by atoms with Crippen molar-refractivity contribution in [3.63, 3.8) is 0 Å². The number of carbonyl (C=O) groups is 1. The van der Waals surface area contributed by atoms with E-state index in [2.05, 4.69) is 20.4 Å². The maximum atomic E-state index is 12.1. The number of aromatic amines is 1. The quantitative estimate of drug-likeness (QED) is 0.722. The van der Waals surface area contributed by atoms with E-state index < -0.39 is 0 Å². The highest BCUT2D eigenvalue weighted by atomic mass is 32.2. The summed E-state index contributed by atoms with van der Waals surface area (Å²) >= 11 is 1.37. The van der Waals surface area contributed by atoms with Crippen LogP contribution in [0, 0.1) is 13.8 Å². The van der Waals surface area contributed by atoms with Crippen LogP contribution in [0.1, 0.15) is 18.2 Å². The maximum absolute atomic E-state index is 12.1. The summed E-state index contributed by atoms with van der Waals surface area (Å²) in [5, 5.41) is 6.88. The van der Waals surface area contributed by atoms with Crippen molar-refractivity contribution in [2.24, 2.45) is 0 Å². The molecular formula is C15H16N4O2S. The summed E-state index contributed by atoms with van der Waals surface area (Å²) in [6.45, 7) is 5.63. The van der Waals surface area contributed by atoms with E-state index >= 15 is 0 Å². The molecule has 0 bridgehead atoms. The van der Waals surface area contributed by atoms with Gasteiger partial charge in [-0.1, -0.05) is 23.0 Å². The van der Waals surface area contributed by atoms with Crippen LogP contribution in [0.15, 0.2) is 33.9 Å². The smallest absolute Gasteiger partial charge is 0.238 e. The summed E-state index contributed by atoms with van der Waals surface area (Å²) < 4.78 is 4.92. The van der Waals surface area contributed by atoms with E-state index in [1.165, 1.54) is 17.3 Å². The molecule has 3 aromatic rings. The van der Waals surface area contributed by atoms with Crippen molar-refractivity contribution in [1.29, 1.82) is 0 Å². The second-order valence-corrected chi connectivity index (χ2v) is 6.46. The van der Waals surface area contributed by atoms with Gasteiger partial charge in [0.2, 0.25) is 5.91 Å². The zero-order chi connectivity index (χ0) is 15.7. The number of benzene rings is 1. The van der Waals surface area contributed by atoms with Crippen molar-refractivity contribution in [2.45, 2.75) is 31.2 Å². The summed E-state index contributed by atoms with van der Waals surface area (Å²) in [6, 6.07) is 7.70. The Kier molecular flexibility index (Phi) is 3.89. The minimum Gasteiger partial charge on any atom is -0.360 e. The van der Waals surface area contributed by atoms with Gasteiger partial charge in [0.15, 0.2) is 11.0 Å². The molecule has 0 fully saturated rings. The van der Waals surface area contributed by atoms with Crippen LogP contribution in [0.25, 0.3) is 11.0 Å². The van der Waals surface area contributed by atoms with Gasteiger partial charge in [-0.25, -0.2) is 4.98 Å². The van der Waals surface area contributed by atoms with Gasteiger partial charge in [0.25, 0.3) is 0 Å². The number of imidazole rings is 1. The number of aromatic nitrogens is 3. The zero-order valence-corrected chi connectivity index (χ0v) is 13.3. The average Bonchev–Trinajstić information content (AvgIpc) is 3.04. The highest BCUT2D eigenvalue weighted by Gasteiger charge is 2.18. The number of amides is 1. The standard InChI is InChI=1S/C15H16N4O2S/c1-8-4-5-11-12(6-8)17-15(16-11)22-10(3)14(20)18-13-7-9(2)21-19-13/h4-7,10H,1-3H3,(H,16,17)(H,18,19,20)/t10-/m1/s1. The van der Waals surface area contributed by atoms with E-state index in [9.17, 15) is 4.79 Å². The lowest BCUT2D eigenvalue weighted by Gasteiger charge is -2.07. The number of fused-ring (bicyclic) bond motifs is 1. The van der Waals surface area contributed by atoms with Crippen LogP contribution >= 0.6 is 11.8 Å². The van der Waals surface area contributed by atoms with E-state index in [0.717, 1.165) is 16.2 Å². The molecule has 0 saturated carbocycles. The van der Waals surface area contributed by atoms with E-state index in [0.29, 0.717) is 11.6 Å². The highest BCUT2D eigenvalue weighted by molar-refractivity contribution is 8.00. The molecule has 1 amide bonds. The molecule has 22 heavy (non-hydrogen) atoms. The Morgan fingerprint density at radius 2 is 2.18 bits per heavy atom. The molecule has 0 aliphatic carbocycles. The summed E-state index contributed by atoms with van der Waals surface area (Å²) in [6.07, 6.45) is 0. The molecule has 1 aromatic carbocycles. The Morgan fingerprint density at radius 1 is 1.36 bits per heavy atom. The summed E-state index contributed by atoms with van der Waals surface area (Å²) in [7, 11) is 0. The van der Waals surface area contributed by atoms with E-state index in [4.69, 9.17) is 4.52 Å². The molecule has 114 valence electrons. The number of carbonyl (C=O) groups excluding carboxylic acids is 1. The Labute approximate surface area is 131 Å². The van der Waals surface area contributed by atoms with Gasteiger partial charge in [-0.2, -0.15) is 0 Å². The zero-order valence-electron chi connectivity index (χ0n) is 12.5. The van der Waals surface area contributed by atoms with E-state index in [1.807, 2.05) is 32.0 Å². The highest BCUT2D eigenvalue weighted by Crippen LogP contribution is 2.24. The number of thioether (sulfide) groups is 1. The average molecular weight is 316 g/mol. The number of H-pyrrole nitrogens is 1. The lowest BCUT2D eigenvalue weighted by Crippen LogP contribution is -2.22. The van der Waals surface area contributed by atoms with Gasteiger partial charge >= 0.3 is 0 Å². The molecule has 2 aromatic heterocycles. The van der Waals surface area contributed by atoms with Crippen LogP contribution in [-0.4, -0.2) is 26.3 Å². The minimum atomic E-state index is -0.307. The largest absolute Gasteiger partial charge is 0.360 e. The van der Waals surface area contributed by atoms with Crippen LogP contribution in [0.2, 0.25) is 0 Å². The van der Waals surface area contributed by atoms with Gasteiger partial charge in [-0.15, -0.1) is 0 Å². The van der Waals surface area contributed by atoms with Crippen LogP contribution in [-0.2, 0) is 4.79 Å². The lowest BCUT2D eigenvalue weighted by molar-refractivity contribution is -0.115. The van der Waals surface area contributed by atoms with Crippen molar-refractivity contribution in [3.8, 4) is 0 Å². The third kappa shape index (κ3) is 3.14. The van der Waals surface area contributed by atoms with Gasteiger partial charge < -0.3 is 14.8 Å². The molecular weight excluding hydrogens is 300 g/mol. The molecule has 0 unspecified atom stereocenters. The van der Waals surface area contributed by atoms with Crippen LogP contribution in [0.5, 0.6) is 0 Å². The Bertz CT molecular complexity index is 824. The van der Waals surface area contributed by atoms with Gasteiger partial charge in [-0.3, -0.25) is 4.79 Å². The number of nitrogens with zero attached hydrogens (tertiary/aromatic N) is 2. The first-order valence-electron chi connectivity index (χ1n) is 6.88. The molecule has 0 saturated heterocycles. The molecule has 0 aliphatic heterocycles. The third-order valence-corrected chi connectivity index (χ3v) is 4.14.